The van der Waals surface area contributed by atoms with Gasteiger partial charge < -0.3 is 14.7 Å². The van der Waals surface area contributed by atoms with E-state index in [1.54, 1.807) is 25.1 Å². The van der Waals surface area contributed by atoms with Crippen molar-refractivity contribution in [2.24, 2.45) is 5.92 Å². The number of hydrogen-bond donors (Lipinski definition) is 1. The summed E-state index contributed by atoms with van der Waals surface area (Å²) >= 11 is 5.73. The first-order chi connectivity index (χ1) is 13.9. The molecular formula is C20H16ClFN4O3. The fourth-order valence-electron chi connectivity index (χ4n) is 3.19. The summed E-state index contributed by atoms with van der Waals surface area (Å²) in [6.07, 6.45) is 0.0343. The molecule has 0 spiro atoms. The van der Waals surface area contributed by atoms with E-state index in [0.717, 1.165) is 6.07 Å². The monoisotopic (exact) mass is 414 g/mol. The van der Waals surface area contributed by atoms with E-state index in [9.17, 15) is 14.0 Å². The van der Waals surface area contributed by atoms with Crippen LogP contribution in [0.15, 0.2) is 47.0 Å². The Labute approximate surface area is 170 Å². The van der Waals surface area contributed by atoms with Gasteiger partial charge in [0.25, 0.3) is 0 Å². The zero-order valence-corrected chi connectivity index (χ0v) is 16.1. The normalized spacial score (nSPS) is 16.3. The van der Waals surface area contributed by atoms with Crippen molar-refractivity contribution in [3.05, 3.63) is 59.2 Å². The van der Waals surface area contributed by atoms with Gasteiger partial charge in [-0.15, -0.1) is 0 Å². The summed E-state index contributed by atoms with van der Waals surface area (Å²) in [7, 11) is 0. The Hall–Kier alpha value is -3.26. The zero-order chi connectivity index (χ0) is 20.5. The first-order valence-electron chi connectivity index (χ1n) is 8.88. The van der Waals surface area contributed by atoms with Crippen molar-refractivity contribution in [3.63, 3.8) is 0 Å². The van der Waals surface area contributed by atoms with Crippen LogP contribution >= 0.6 is 11.6 Å². The van der Waals surface area contributed by atoms with Gasteiger partial charge in [0.15, 0.2) is 0 Å². The number of rotatable bonds is 4. The average molecular weight is 415 g/mol. The van der Waals surface area contributed by atoms with Gasteiger partial charge in [-0.2, -0.15) is 4.98 Å². The number of anilines is 2. The third kappa shape index (κ3) is 3.97. The van der Waals surface area contributed by atoms with Crippen LogP contribution < -0.4 is 10.2 Å². The van der Waals surface area contributed by atoms with Crippen molar-refractivity contribution in [1.29, 1.82) is 0 Å². The van der Waals surface area contributed by atoms with Crippen LogP contribution in [0.25, 0.3) is 11.4 Å². The molecule has 0 aliphatic carbocycles. The van der Waals surface area contributed by atoms with Crippen molar-refractivity contribution in [3.8, 4) is 11.4 Å². The SMILES string of the molecule is Cc1nc(-c2cccc(N3C[C@@H](C(=O)Nc4ccc(Cl)cc4F)CC3=O)c2)no1. The van der Waals surface area contributed by atoms with Gasteiger partial charge in [-0.3, -0.25) is 9.59 Å². The summed E-state index contributed by atoms with van der Waals surface area (Å²) < 4.78 is 18.9. The average Bonchev–Trinajstić information content (AvgIpc) is 3.30. The molecule has 1 aliphatic rings. The minimum Gasteiger partial charge on any atom is -0.339 e. The molecule has 0 unspecified atom stereocenters. The molecule has 1 aromatic heterocycles. The van der Waals surface area contributed by atoms with E-state index in [2.05, 4.69) is 15.5 Å². The maximum atomic E-state index is 13.9. The van der Waals surface area contributed by atoms with Crippen molar-refractivity contribution in [1.82, 2.24) is 10.1 Å². The Bertz CT molecular complexity index is 1100. The Morgan fingerprint density at radius 1 is 1.31 bits per heavy atom. The molecule has 148 valence electrons. The molecule has 7 nitrogen and oxygen atoms in total. The van der Waals surface area contributed by atoms with Crippen LogP contribution in [0.4, 0.5) is 15.8 Å². The van der Waals surface area contributed by atoms with Crippen LogP contribution in [0, 0.1) is 18.7 Å². The van der Waals surface area contributed by atoms with E-state index in [1.165, 1.54) is 17.0 Å². The molecule has 1 N–H and O–H groups in total. The zero-order valence-electron chi connectivity index (χ0n) is 15.4. The van der Waals surface area contributed by atoms with Crippen molar-refractivity contribution >= 4 is 34.8 Å². The lowest BCUT2D eigenvalue weighted by Crippen LogP contribution is -2.28. The lowest BCUT2D eigenvalue weighted by atomic mass is 10.1. The highest BCUT2D eigenvalue weighted by Gasteiger charge is 2.35. The van der Waals surface area contributed by atoms with Crippen LogP contribution in [0.1, 0.15) is 12.3 Å². The molecule has 3 aromatic rings. The van der Waals surface area contributed by atoms with Gasteiger partial charge in [0.05, 0.1) is 11.6 Å². The van der Waals surface area contributed by atoms with Gasteiger partial charge in [0.1, 0.15) is 5.82 Å². The summed E-state index contributed by atoms with van der Waals surface area (Å²) in [5.41, 5.74) is 1.35. The standard InChI is InChI=1S/C20H16ClFN4O3/c1-11-23-19(25-29-11)12-3-2-4-15(7-12)26-10-13(8-18(26)27)20(28)24-17-6-5-14(21)9-16(17)22/h2-7,9,13H,8,10H2,1H3,(H,24,28)/t13-/m0/s1. The molecule has 1 aliphatic heterocycles. The molecule has 2 amide bonds. The predicted octanol–water partition coefficient (Wildman–Crippen LogP) is 3.83. The molecule has 1 fully saturated rings. The predicted molar refractivity (Wildman–Crippen MR) is 105 cm³/mol. The maximum Gasteiger partial charge on any atom is 0.229 e. The van der Waals surface area contributed by atoms with Crippen LogP contribution in [-0.4, -0.2) is 28.5 Å². The highest BCUT2D eigenvalue weighted by molar-refractivity contribution is 6.30. The Balaban J connectivity index is 1.50. The molecule has 29 heavy (non-hydrogen) atoms. The molecule has 9 heteroatoms. The van der Waals surface area contributed by atoms with Gasteiger partial charge in [-0.1, -0.05) is 28.9 Å². The van der Waals surface area contributed by atoms with Gasteiger partial charge in [-0.25, -0.2) is 4.39 Å². The number of nitrogens with zero attached hydrogens (tertiary/aromatic N) is 3. The van der Waals surface area contributed by atoms with Gasteiger partial charge in [-0.05, 0) is 30.3 Å². The van der Waals surface area contributed by atoms with Crippen LogP contribution in [0.2, 0.25) is 5.02 Å². The molecule has 1 atom stereocenters. The number of amides is 2. The minimum absolute atomic E-state index is 0.0276. The lowest BCUT2D eigenvalue weighted by molar-refractivity contribution is -0.122. The fourth-order valence-corrected chi connectivity index (χ4v) is 3.35. The van der Waals surface area contributed by atoms with E-state index in [-0.39, 0.29) is 29.6 Å². The number of halogens is 2. The van der Waals surface area contributed by atoms with E-state index in [1.807, 2.05) is 6.07 Å². The number of aromatic nitrogens is 2. The van der Waals surface area contributed by atoms with Gasteiger partial charge >= 0.3 is 0 Å². The number of aryl methyl sites for hydroxylation is 1. The molecule has 0 saturated carbocycles. The quantitative estimate of drug-likeness (QED) is 0.701. The van der Waals surface area contributed by atoms with Crippen LogP contribution in [0.5, 0.6) is 0 Å². The van der Waals surface area contributed by atoms with Crippen LogP contribution in [-0.2, 0) is 9.59 Å². The highest BCUT2D eigenvalue weighted by atomic mass is 35.5. The summed E-state index contributed by atoms with van der Waals surface area (Å²) in [4.78, 5) is 30.8. The Morgan fingerprint density at radius 3 is 2.86 bits per heavy atom. The number of hydrogen-bond acceptors (Lipinski definition) is 5. The molecule has 2 aromatic carbocycles. The van der Waals surface area contributed by atoms with E-state index >= 15 is 0 Å². The highest BCUT2D eigenvalue weighted by Crippen LogP contribution is 2.29. The van der Waals surface area contributed by atoms with Gasteiger partial charge in [0.2, 0.25) is 23.5 Å². The number of carbonyl (C=O) groups excluding carboxylic acids is 2. The second-order valence-corrected chi connectivity index (χ2v) is 7.14. The lowest BCUT2D eigenvalue weighted by Gasteiger charge is -2.17. The summed E-state index contributed by atoms with van der Waals surface area (Å²) in [5.74, 6) is -0.990. The second-order valence-electron chi connectivity index (χ2n) is 6.71. The summed E-state index contributed by atoms with van der Waals surface area (Å²) in [5, 5.41) is 6.64. The first-order valence-corrected chi connectivity index (χ1v) is 9.25. The third-order valence-electron chi connectivity index (χ3n) is 4.63. The smallest absolute Gasteiger partial charge is 0.229 e. The van der Waals surface area contributed by atoms with Crippen LogP contribution in [0.3, 0.4) is 0 Å². The third-order valence-corrected chi connectivity index (χ3v) is 4.86. The topological polar surface area (TPSA) is 88.3 Å². The molecule has 0 bridgehead atoms. The molecule has 2 heterocycles. The minimum atomic E-state index is -0.630. The Kier molecular flexibility index (Phi) is 5.02. The second kappa shape index (κ2) is 7.63. The maximum absolute atomic E-state index is 13.9. The number of benzene rings is 2. The van der Waals surface area contributed by atoms with Gasteiger partial charge in [0, 0.05) is 36.2 Å². The van der Waals surface area contributed by atoms with E-state index < -0.39 is 17.6 Å². The van der Waals surface area contributed by atoms with Crippen molar-refractivity contribution < 1.29 is 18.5 Å². The molecule has 1 saturated heterocycles. The molecule has 4 rings (SSSR count). The van der Waals surface area contributed by atoms with Crippen molar-refractivity contribution in [2.45, 2.75) is 13.3 Å². The number of nitrogens with one attached hydrogen (secondary N) is 1. The summed E-state index contributed by atoms with van der Waals surface area (Å²) in [6.45, 7) is 1.88. The fraction of sp³-hybridized carbons (Fsp3) is 0.200. The van der Waals surface area contributed by atoms with E-state index in [4.69, 9.17) is 16.1 Å². The first kappa shape index (κ1) is 19.1. The van der Waals surface area contributed by atoms with E-state index in [0.29, 0.717) is 23.0 Å². The number of carbonyl (C=O) groups is 2. The Morgan fingerprint density at radius 2 is 2.14 bits per heavy atom. The molecule has 0 radical (unpaired) electrons. The molecular weight excluding hydrogens is 399 g/mol. The summed E-state index contributed by atoms with van der Waals surface area (Å²) in [6, 6.07) is 11.1. The van der Waals surface area contributed by atoms with Crippen molar-refractivity contribution in [2.75, 3.05) is 16.8 Å². The largest absolute Gasteiger partial charge is 0.339 e.